The molecule has 2 unspecified atom stereocenters. The Labute approximate surface area is 113 Å². The Kier molecular flexibility index (Phi) is 3.11. The lowest BCUT2D eigenvalue weighted by molar-refractivity contribution is 0.133. The van der Waals surface area contributed by atoms with E-state index in [2.05, 4.69) is 29.9 Å². The molecule has 19 heavy (non-hydrogen) atoms. The monoisotopic (exact) mass is 257 g/mol. The first-order valence-corrected chi connectivity index (χ1v) is 6.82. The van der Waals surface area contributed by atoms with Crippen molar-refractivity contribution in [3.63, 3.8) is 0 Å². The van der Waals surface area contributed by atoms with E-state index in [1.807, 2.05) is 16.8 Å². The van der Waals surface area contributed by atoms with Crippen molar-refractivity contribution in [2.75, 3.05) is 0 Å². The van der Waals surface area contributed by atoms with E-state index in [1.165, 1.54) is 5.56 Å². The van der Waals surface area contributed by atoms with Crippen molar-refractivity contribution >= 4 is 0 Å². The number of hydrogen-bond acceptors (Lipinski definition) is 3. The van der Waals surface area contributed by atoms with Crippen LogP contribution in [-0.2, 0) is 6.42 Å². The molecule has 1 aliphatic rings. The van der Waals surface area contributed by atoms with E-state index in [9.17, 15) is 5.11 Å². The maximum atomic E-state index is 10.7. The molecular weight excluding hydrogens is 238 g/mol. The van der Waals surface area contributed by atoms with Crippen LogP contribution in [-0.4, -0.2) is 19.6 Å². The highest BCUT2D eigenvalue weighted by Crippen LogP contribution is 2.40. The van der Waals surface area contributed by atoms with Crippen LogP contribution in [0, 0.1) is 0 Å². The van der Waals surface area contributed by atoms with E-state index in [0.717, 1.165) is 24.2 Å². The third kappa shape index (κ3) is 2.06. The summed E-state index contributed by atoms with van der Waals surface area (Å²) in [4.78, 5) is 8.63. The van der Waals surface area contributed by atoms with Gasteiger partial charge in [-0.05, 0) is 38.3 Å². The van der Waals surface area contributed by atoms with Gasteiger partial charge < -0.3 is 9.67 Å². The molecule has 1 aliphatic carbocycles. The van der Waals surface area contributed by atoms with Gasteiger partial charge in [0.25, 0.3) is 0 Å². The number of pyridine rings is 1. The van der Waals surface area contributed by atoms with Crippen molar-refractivity contribution in [3.05, 3.63) is 47.8 Å². The van der Waals surface area contributed by atoms with Crippen LogP contribution in [0.1, 0.15) is 55.3 Å². The van der Waals surface area contributed by atoms with E-state index in [-0.39, 0.29) is 5.92 Å². The van der Waals surface area contributed by atoms with Gasteiger partial charge in [0.1, 0.15) is 6.10 Å². The van der Waals surface area contributed by atoms with E-state index >= 15 is 0 Å². The second kappa shape index (κ2) is 4.78. The second-order valence-corrected chi connectivity index (χ2v) is 5.46. The molecule has 2 aromatic rings. The molecule has 1 N–H and O–H groups in total. The molecule has 0 radical (unpaired) electrons. The molecule has 0 fully saturated rings. The number of aliphatic hydroxyl groups excluding tert-OH is 1. The van der Waals surface area contributed by atoms with E-state index < -0.39 is 6.10 Å². The standard InChI is InChI=1S/C15H19N3O/c1-10(2)18-9-16-8-13(18)15(19)12-6-5-11-4-3-7-17-14(11)12/h3-4,7-10,12,15,19H,5-6H2,1-2H3. The SMILES string of the molecule is CC(C)n1cncc1C(O)C1CCc2cccnc21. The average molecular weight is 257 g/mol. The number of aliphatic hydroxyl groups is 1. The second-order valence-electron chi connectivity index (χ2n) is 5.46. The Morgan fingerprint density at radius 1 is 1.42 bits per heavy atom. The fourth-order valence-electron chi connectivity index (χ4n) is 2.93. The highest BCUT2D eigenvalue weighted by molar-refractivity contribution is 5.31. The molecular formula is C15H19N3O. The normalized spacial score (nSPS) is 19.7. The Morgan fingerprint density at radius 2 is 2.26 bits per heavy atom. The summed E-state index contributed by atoms with van der Waals surface area (Å²) >= 11 is 0. The first kappa shape index (κ1) is 12.4. The van der Waals surface area contributed by atoms with Gasteiger partial charge in [-0.25, -0.2) is 4.98 Å². The maximum Gasteiger partial charge on any atom is 0.104 e. The number of aromatic nitrogens is 3. The molecule has 4 heteroatoms. The molecule has 2 aromatic heterocycles. The molecule has 3 rings (SSSR count). The van der Waals surface area contributed by atoms with Crippen LogP contribution < -0.4 is 0 Å². The molecule has 0 aromatic carbocycles. The third-order valence-corrected chi connectivity index (χ3v) is 3.94. The zero-order valence-corrected chi connectivity index (χ0v) is 11.3. The predicted octanol–water partition coefficient (Wildman–Crippen LogP) is 2.62. The summed E-state index contributed by atoms with van der Waals surface area (Å²) in [6.45, 7) is 4.19. The number of fused-ring (bicyclic) bond motifs is 1. The van der Waals surface area contributed by atoms with Crippen LogP contribution in [0.25, 0.3) is 0 Å². The Bertz CT molecular complexity index is 576. The van der Waals surface area contributed by atoms with Crippen molar-refractivity contribution in [1.82, 2.24) is 14.5 Å². The average Bonchev–Trinajstić information content (AvgIpc) is 3.05. The zero-order chi connectivity index (χ0) is 13.4. The number of rotatable bonds is 3. The lowest BCUT2D eigenvalue weighted by Crippen LogP contribution is -2.15. The van der Waals surface area contributed by atoms with E-state index in [1.54, 1.807) is 12.5 Å². The summed E-state index contributed by atoms with van der Waals surface area (Å²) in [7, 11) is 0. The zero-order valence-electron chi connectivity index (χ0n) is 11.3. The van der Waals surface area contributed by atoms with Gasteiger partial charge in [-0.2, -0.15) is 0 Å². The van der Waals surface area contributed by atoms with Crippen LogP contribution in [0.5, 0.6) is 0 Å². The largest absolute Gasteiger partial charge is 0.386 e. The Balaban J connectivity index is 1.93. The molecule has 0 spiro atoms. The smallest absolute Gasteiger partial charge is 0.104 e. The van der Waals surface area contributed by atoms with Gasteiger partial charge in [-0.1, -0.05) is 6.07 Å². The van der Waals surface area contributed by atoms with Crippen LogP contribution in [0.2, 0.25) is 0 Å². The number of hydrogen-bond donors (Lipinski definition) is 1. The summed E-state index contributed by atoms with van der Waals surface area (Å²) in [5.74, 6) is 0.0883. The Morgan fingerprint density at radius 3 is 3.05 bits per heavy atom. The summed E-state index contributed by atoms with van der Waals surface area (Å²) < 4.78 is 2.03. The molecule has 0 amide bonds. The van der Waals surface area contributed by atoms with Gasteiger partial charge in [0, 0.05) is 23.9 Å². The van der Waals surface area contributed by atoms with Gasteiger partial charge >= 0.3 is 0 Å². The first-order valence-electron chi connectivity index (χ1n) is 6.82. The van der Waals surface area contributed by atoms with Gasteiger partial charge in [0.15, 0.2) is 0 Å². The first-order chi connectivity index (χ1) is 9.18. The van der Waals surface area contributed by atoms with Crippen LogP contribution in [0.15, 0.2) is 30.9 Å². The van der Waals surface area contributed by atoms with Crippen molar-refractivity contribution in [2.24, 2.45) is 0 Å². The fraction of sp³-hybridized carbons (Fsp3) is 0.467. The summed E-state index contributed by atoms with van der Waals surface area (Å²) in [5.41, 5.74) is 3.20. The molecule has 2 heterocycles. The number of aryl methyl sites for hydroxylation is 1. The van der Waals surface area contributed by atoms with Crippen molar-refractivity contribution in [1.29, 1.82) is 0 Å². The van der Waals surface area contributed by atoms with Crippen molar-refractivity contribution in [2.45, 2.75) is 44.8 Å². The van der Waals surface area contributed by atoms with Gasteiger partial charge in [0.05, 0.1) is 18.2 Å². The highest BCUT2D eigenvalue weighted by atomic mass is 16.3. The third-order valence-electron chi connectivity index (χ3n) is 3.94. The fourth-order valence-corrected chi connectivity index (χ4v) is 2.93. The summed E-state index contributed by atoms with van der Waals surface area (Å²) in [6.07, 6.45) is 6.80. The maximum absolute atomic E-state index is 10.7. The number of nitrogens with zero attached hydrogens (tertiary/aromatic N) is 3. The Hall–Kier alpha value is -1.68. The molecule has 2 atom stereocenters. The quantitative estimate of drug-likeness (QED) is 0.919. The topological polar surface area (TPSA) is 50.9 Å². The predicted molar refractivity (Wildman–Crippen MR) is 72.9 cm³/mol. The molecule has 0 saturated carbocycles. The molecule has 4 nitrogen and oxygen atoms in total. The van der Waals surface area contributed by atoms with Crippen LogP contribution in [0.3, 0.4) is 0 Å². The lowest BCUT2D eigenvalue weighted by atomic mass is 9.97. The van der Waals surface area contributed by atoms with Gasteiger partial charge in [-0.15, -0.1) is 0 Å². The summed E-state index contributed by atoms with van der Waals surface area (Å²) in [6, 6.07) is 4.37. The number of imidazole rings is 1. The van der Waals surface area contributed by atoms with Crippen molar-refractivity contribution < 1.29 is 5.11 Å². The molecule has 0 bridgehead atoms. The lowest BCUT2D eigenvalue weighted by Gasteiger charge is -2.21. The highest BCUT2D eigenvalue weighted by Gasteiger charge is 2.32. The van der Waals surface area contributed by atoms with Crippen LogP contribution in [0.4, 0.5) is 0 Å². The minimum atomic E-state index is -0.527. The van der Waals surface area contributed by atoms with E-state index in [0.29, 0.717) is 6.04 Å². The van der Waals surface area contributed by atoms with E-state index in [4.69, 9.17) is 0 Å². The van der Waals surface area contributed by atoms with Gasteiger partial charge in [0.2, 0.25) is 0 Å². The van der Waals surface area contributed by atoms with Gasteiger partial charge in [-0.3, -0.25) is 4.98 Å². The van der Waals surface area contributed by atoms with Crippen molar-refractivity contribution in [3.8, 4) is 0 Å². The molecule has 0 aliphatic heterocycles. The van der Waals surface area contributed by atoms with Crippen LogP contribution >= 0.6 is 0 Å². The minimum Gasteiger partial charge on any atom is -0.386 e. The summed E-state index contributed by atoms with van der Waals surface area (Å²) in [5, 5.41) is 10.7. The molecule has 0 saturated heterocycles. The minimum absolute atomic E-state index is 0.0883. The molecule has 100 valence electrons.